The first-order valence-electron chi connectivity index (χ1n) is 6.09. The summed E-state index contributed by atoms with van der Waals surface area (Å²) in [5.74, 6) is -0.193. The fraction of sp³-hybridized carbons (Fsp3) is 0.500. The van der Waals surface area contributed by atoms with Gasteiger partial charge in [0.05, 0.1) is 5.56 Å². The first-order valence-corrected chi connectivity index (χ1v) is 6.09. The van der Waals surface area contributed by atoms with Gasteiger partial charge in [-0.1, -0.05) is 38.8 Å². The highest BCUT2D eigenvalue weighted by Gasteiger charge is 2.08. The predicted octanol–water partition coefficient (Wildman–Crippen LogP) is 3.63. The molecule has 1 aromatic rings. The summed E-state index contributed by atoms with van der Waals surface area (Å²) in [6.07, 6.45) is 3.24. The molecule has 1 aromatic carbocycles. The highest BCUT2D eigenvalue weighted by Crippen LogP contribution is 2.19. The molecule has 0 radical (unpaired) electrons. The van der Waals surface area contributed by atoms with E-state index in [2.05, 4.69) is 13.8 Å². The third-order valence-electron chi connectivity index (χ3n) is 2.88. The van der Waals surface area contributed by atoms with E-state index in [0.717, 1.165) is 18.4 Å². The molecule has 3 N–H and O–H groups in total. The fourth-order valence-electron chi connectivity index (χ4n) is 1.79. The van der Waals surface area contributed by atoms with Crippen LogP contribution in [0.4, 0.5) is 0 Å². The Labute approximate surface area is 115 Å². The first kappa shape index (κ1) is 16.9. The van der Waals surface area contributed by atoms with Crippen LogP contribution in [0.15, 0.2) is 24.3 Å². The smallest absolute Gasteiger partial charge is 0.335 e. The molecule has 1 atom stereocenters. The third kappa shape index (κ3) is 5.52. The summed E-state index contributed by atoms with van der Waals surface area (Å²) in [7, 11) is 0. The number of halogens is 1. The van der Waals surface area contributed by atoms with Crippen molar-refractivity contribution in [1.29, 1.82) is 0 Å². The van der Waals surface area contributed by atoms with Crippen molar-refractivity contribution in [3.63, 3.8) is 0 Å². The summed E-state index contributed by atoms with van der Waals surface area (Å²) in [5, 5.41) is 8.79. The van der Waals surface area contributed by atoms with Gasteiger partial charge >= 0.3 is 5.97 Å². The second-order valence-electron chi connectivity index (χ2n) is 4.86. The van der Waals surface area contributed by atoms with Crippen LogP contribution in [0.25, 0.3) is 0 Å². The standard InChI is InChI=1S/C14H21NO2.ClH/c1-10(2)4-3-5-13(15)11-6-8-12(9-7-11)14(16)17;/h6-10,13H,3-5,15H2,1-2H3,(H,16,17);1H. The molecule has 1 rings (SSSR count). The van der Waals surface area contributed by atoms with E-state index in [-0.39, 0.29) is 18.4 Å². The highest BCUT2D eigenvalue weighted by molar-refractivity contribution is 5.87. The maximum absolute atomic E-state index is 10.7. The van der Waals surface area contributed by atoms with Crippen LogP contribution in [-0.2, 0) is 0 Å². The number of nitrogens with two attached hydrogens (primary N) is 1. The third-order valence-corrected chi connectivity index (χ3v) is 2.88. The second-order valence-corrected chi connectivity index (χ2v) is 4.86. The number of rotatable bonds is 6. The number of carboxylic acid groups (broad SMARTS) is 1. The van der Waals surface area contributed by atoms with Gasteiger partial charge in [0.1, 0.15) is 0 Å². The molecule has 0 aliphatic rings. The molecule has 0 saturated carbocycles. The molecule has 0 aliphatic carbocycles. The summed E-state index contributed by atoms with van der Waals surface area (Å²) in [5.41, 5.74) is 7.38. The number of hydrogen-bond donors (Lipinski definition) is 2. The molecule has 102 valence electrons. The Balaban J connectivity index is 0.00000289. The van der Waals surface area contributed by atoms with E-state index in [4.69, 9.17) is 10.8 Å². The Kier molecular flexibility index (Phi) is 7.64. The molecule has 0 spiro atoms. The van der Waals surface area contributed by atoms with Crippen molar-refractivity contribution in [2.24, 2.45) is 11.7 Å². The van der Waals surface area contributed by atoms with Gasteiger partial charge in [-0.15, -0.1) is 12.4 Å². The molecule has 3 nitrogen and oxygen atoms in total. The molecule has 0 heterocycles. The van der Waals surface area contributed by atoms with Crippen LogP contribution in [0.1, 0.15) is 55.1 Å². The highest BCUT2D eigenvalue weighted by atomic mass is 35.5. The summed E-state index contributed by atoms with van der Waals surface area (Å²) in [6.45, 7) is 4.40. The lowest BCUT2D eigenvalue weighted by Crippen LogP contribution is -2.10. The summed E-state index contributed by atoms with van der Waals surface area (Å²) >= 11 is 0. The van der Waals surface area contributed by atoms with Crippen molar-refractivity contribution < 1.29 is 9.90 Å². The van der Waals surface area contributed by atoms with E-state index < -0.39 is 5.97 Å². The SMILES string of the molecule is CC(C)CCCC(N)c1ccc(C(=O)O)cc1.Cl. The Morgan fingerprint density at radius 3 is 2.22 bits per heavy atom. The van der Waals surface area contributed by atoms with Gasteiger partial charge in [-0.25, -0.2) is 4.79 Å². The average molecular weight is 272 g/mol. The van der Waals surface area contributed by atoms with Crippen molar-refractivity contribution >= 4 is 18.4 Å². The van der Waals surface area contributed by atoms with Crippen LogP contribution < -0.4 is 5.73 Å². The zero-order valence-corrected chi connectivity index (χ0v) is 11.7. The number of carbonyl (C=O) groups is 1. The topological polar surface area (TPSA) is 63.3 Å². The average Bonchev–Trinajstić information content (AvgIpc) is 2.28. The minimum atomic E-state index is -0.898. The van der Waals surface area contributed by atoms with Crippen LogP contribution in [0.2, 0.25) is 0 Å². The molecule has 0 fully saturated rings. The quantitative estimate of drug-likeness (QED) is 0.830. The molecule has 0 aromatic heterocycles. The Morgan fingerprint density at radius 1 is 1.22 bits per heavy atom. The maximum Gasteiger partial charge on any atom is 0.335 e. The van der Waals surface area contributed by atoms with Gasteiger partial charge < -0.3 is 10.8 Å². The van der Waals surface area contributed by atoms with Crippen molar-refractivity contribution in [1.82, 2.24) is 0 Å². The molecule has 18 heavy (non-hydrogen) atoms. The molecule has 0 amide bonds. The van der Waals surface area contributed by atoms with Crippen LogP contribution in [0.3, 0.4) is 0 Å². The number of carboxylic acids is 1. The van der Waals surface area contributed by atoms with Crippen LogP contribution in [-0.4, -0.2) is 11.1 Å². The molecule has 0 aliphatic heterocycles. The Hall–Kier alpha value is -1.06. The van der Waals surface area contributed by atoms with Crippen molar-refractivity contribution in [2.75, 3.05) is 0 Å². The Bertz CT molecular complexity index is 363. The van der Waals surface area contributed by atoms with Gasteiger partial charge in [-0.05, 0) is 30.0 Å². The molecular formula is C14H22ClNO2. The Morgan fingerprint density at radius 2 is 1.78 bits per heavy atom. The van der Waals surface area contributed by atoms with Crippen molar-refractivity contribution in [3.05, 3.63) is 35.4 Å². The lowest BCUT2D eigenvalue weighted by atomic mass is 9.98. The molecule has 4 heteroatoms. The molecule has 0 saturated heterocycles. The first-order chi connectivity index (χ1) is 8.00. The number of aromatic carboxylic acids is 1. The zero-order valence-electron chi connectivity index (χ0n) is 10.9. The number of benzene rings is 1. The maximum atomic E-state index is 10.7. The van der Waals surface area contributed by atoms with Crippen molar-refractivity contribution in [2.45, 2.75) is 39.2 Å². The largest absolute Gasteiger partial charge is 0.478 e. The van der Waals surface area contributed by atoms with E-state index in [1.165, 1.54) is 6.42 Å². The van der Waals surface area contributed by atoms with E-state index in [1.54, 1.807) is 12.1 Å². The van der Waals surface area contributed by atoms with Crippen LogP contribution in [0.5, 0.6) is 0 Å². The summed E-state index contributed by atoms with van der Waals surface area (Å²) in [6, 6.07) is 6.85. The van der Waals surface area contributed by atoms with Gasteiger partial charge in [-0.2, -0.15) is 0 Å². The van der Waals surface area contributed by atoms with Gasteiger partial charge in [0.2, 0.25) is 0 Å². The lowest BCUT2D eigenvalue weighted by Gasteiger charge is -2.13. The monoisotopic (exact) mass is 271 g/mol. The van der Waals surface area contributed by atoms with E-state index in [9.17, 15) is 4.79 Å². The number of hydrogen-bond acceptors (Lipinski definition) is 2. The fourth-order valence-corrected chi connectivity index (χ4v) is 1.79. The second kappa shape index (κ2) is 8.11. The van der Waals surface area contributed by atoms with E-state index in [0.29, 0.717) is 11.5 Å². The summed E-state index contributed by atoms with van der Waals surface area (Å²) in [4.78, 5) is 10.7. The molecular weight excluding hydrogens is 250 g/mol. The lowest BCUT2D eigenvalue weighted by molar-refractivity contribution is 0.0697. The van der Waals surface area contributed by atoms with E-state index >= 15 is 0 Å². The normalized spacial score (nSPS) is 12.0. The van der Waals surface area contributed by atoms with Gasteiger partial charge in [0.25, 0.3) is 0 Å². The predicted molar refractivity (Wildman–Crippen MR) is 76.3 cm³/mol. The zero-order chi connectivity index (χ0) is 12.8. The van der Waals surface area contributed by atoms with Gasteiger partial charge in [0.15, 0.2) is 0 Å². The van der Waals surface area contributed by atoms with Crippen molar-refractivity contribution in [3.8, 4) is 0 Å². The summed E-state index contributed by atoms with van der Waals surface area (Å²) < 4.78 is 0. The van der Waals surface area contributed by atoms with Gasteiger partial charge in [0, 0.05) is 6.04 Å². The molecule has 0 bridgehead atoms. The molecule has 1 unspecified atom stereocenters. The van der Waals surface area contributed by atoms with Crippen LogP contribution >= 0.6 is 12.4 Å². The minimum Gasteiger partial charge on any atom is -0.478 e. The minimum absolute atomic E-state index is 0. The van der Waals surface area contributed by atoms with Gasteiger partial charge in [-0.3, -0.25) is 0 Å². The van der Waals surface area contributed by atoms with E-state index in [1.807, 2.05) is 12.1 Å². The van der Waals surface area contributed by atoms with Crippen LogP contribution in [0, 0.1) is 5.92 Å².